The molecule has 0 aromatic heterocycles. The summed E-state index contributed by atoms with van der Waals surface area (Å²) >= 11 is 0. The first-order valence-electron chi connectivity index (χ1n) is 10.2. The average molecular weight is 457 g/mol. The Balaban J connectivity index is 0.00000256. The minimum Gasteiger partial charge on any atom is -0.368 e. The van der Waals surface area contributed by atoms with E-state index in [9.17, 15) is 17.2 Å². The van der Waals surface area contributed by atoms with Gasteiger partial charge in [-0.25, -0.2) is 17.2 Å². The third kappa shape index (κ3) is 4.34. The van der Waals surface area contributed by atoms with Crippen LogP contribution in [0.1, 0.15) is 31.7 Å². The molecule has 8 heteroatoms. The number of likely N-dealkylation sites (tertiary alicyclic amines) is 1. The number of anilines is 1. The quantitative estimate of drug-likeness (QED) is 0.623. The highest BCUT2D eigenvalue weighted by Crippen LogP contribution is 2.35. The summed E-state index contributed by atoms with van der Waals surface area (Å²) in [5, 5.41) is 0. The van der Waals surface area contributed by atoms with Crippen molar-refractivity contribution < 1.29 is 17.2 Å². The van der Waals surface area contributed by atoms with E-state index in [-0.39, 0.29) is 22.2 Å². The molecule has 1 fully saturated rings. The molecule has 4 nitrogen and oxygen atoms in total. The molecule has 0 saturated carbocycles. The number of fused-ring (bicyclic) bond motifs is 1. The van der Waals surface area contributed by atoms with E-state index >= 15 is 0 Å². The van der Waals surface area contributed by atoms with Gasteiger partial charge in [0.05, 0.1) is 9.79 Å². The molecule has 0 unspecified atom stereocenters. The molecule has 0 amide bonds. The van der Waals surface area contributed by atoms with Crippen LogP contribution < -0.4 is 4.90 Å². The summed E-state index contributed by atoms with van der Waals surface area (Å²) in [4.78, 5) is 4.81. The highest BCUT2D eigenvalue weighted by atomic mass is 35.5. The van der Waals surface area contributed by atoms with E-state index in [2.05, 4.69) is 16.7 Å². The Morgan fingerprint density at radius 1 is 0.967 bits per heavy atom. The Morgan fingerprint density at radius 3 is 2.30 bits per heavy atom. The van der Waals surface area contributed by atoms with Gasteiger partial charge in [-0.3, -0.25) is 0 Å². The lowest BCUT2D eigenvalue weighted by Gasteiger charge is -2.38. The van der Waals surface area contributed by atoms with Crippen molar-refractivity contribution in [3.8, 4) is 0 Å². The molecule has 0 bridgehead atoms. The molecule has 0 radical (unpaired) electrons. The van der Waals surface area contributed by atoms with Crippen molar-refractivity contribution in [1.82, 2.24) is 4.90 Å². The molecule has 0 N–H and O–H groups in total. The predicted molar refractivity (Wildman–Crippen MR) is 116 cm³/mol. The number of halogens is 3. The molecular weight excluding hydrogens is 430 g/mol. The Kier molecular flexibility index (Phi) is 7.05. The zero-order chi connectivity index (χ0) is 20.6. The van der Waals surface area contributed by atoms with Crippen LogP contribution in [0.25, 0.3) is 0 Å². The molecule has 0 atom stereocenters. The molecule has 2 aliphatic heterocycles. The van der Waals surface area contributed by atoms with Crippen molar-refractivity contribution >= 4 is 27.9 Å². The number of nitrogens with zero attached hydrogens (tertiary/aromatic N) is 2. The number of hydrogen-bond donors (Lipinski definition) is 0. The van der Waals surface area contributed by atoms with Gasteiger partial charge in [-0.15, -0.1) is 12.4 Å². The number of sulfone groups is 1. The SMILES string of the molecule is CCCN1CCC(N2CCc3cc(S(=O)(=O)c4ccc(F)c(F)c4)ccc32)CC1.Cl. The standard InChI is InChI=1S/C22H26F2N2O2S.ClH/c1-2-10-25-11-8-17(9-12-25)26-13-7-16-14-18(4-6-22(16)26)29(27,28)19-3-5-20(23)21(24)15-19;/h3-6,14-15,17H,2,7-13H2,1H3;1H. The molecule has 2 aromatic rings. The smallest absolute Gasteiger partial charge is 0.206 e. The van der Waals surface area contributed by atoms with Crippen LogP contribution in [-0.4, -0.2) is 45.5 Å². The summed E-state index contributed by atoms with van der Waals surface area (Å²) in [5.41, 5.74) is 2.10. The van der Waals surface area contributed by atoms with Crippen LogP contribution in [0.15, 0.2) is 46.2 Å². The molecule has 2 aliphatic rings. The van der Waals surface area contributed by atoms with Crippen molar-refractivity contribution in [3.05, 3.63) is 53.6 Å². The van der Waals surface area contributed by atoms with Gasteiger partial charge in [0, 0.05) is 31.4 Å². The fourth-order valence-corrected chi connectivity index (χ4v) is 5.82. The van der Waals surface area contributed by atoms with E-state index in [0.717, 1.165) is 74.9 Å². The average Bonchev–Trinajstić information content (AvgIpc) is 3.14. The van der Waals surface area contributed by atoms with E-state index in [1.807, 2.05) is 6.07 Å². The second kappa shape index (κ2) is 9.20. The molecule has 2 heterocycles. The molecule has 0 aliphatic carbocycles. The maximum Gasteiger partial charge on any atom is 0.206 e. The molecule has 30 heavy (non-hydrogen) atoms. The first-order chi connectivity index (χ1) is 13.9. The first kappa shape index (κ1) is 23.0. The minimum atomic E-state index is -3.89. The van der Waals surface area contributed by atoms with Crippen molar-refractivity contribution in [3.63, 3.8) is 0 Å². The van der Waals surface area contributed by atoms with E-state index in [0.29, 0.717) is 6.04 Å². The summed E-state index contributed by atoms with van der Waals surface area (Å²) < 4.78 is 52.4. The summed E-state index contributed by atoms with van der Waals surface area (Å²) in [6.45, 7) is 6.45. The van der Waals surface area contributed by atoms with Gasteiger partial charge in [-0.2, -0.15) is 0 Å². The summed E-state index contributed by atoms with van der Waals surface area (Å²) in [7, 11) is -3.89. The highest BCUT2D eigenvalue weighted by molar-refractivity contribution is 7.91. The van der Waals surface area contributed by atoms with Crippen molar-refractivity contribution in [2.24, 2.45) is 0 Å². The van der Waals surface area contributed by atoms with Gasteiger partial charge in [-0.1, -0.05) is 6.92 Å². The lowest BCUT2D eigenvalue weighted by molar-refractivity contribution is 0.210. The van der Waals surface area contributed by atoms with E-state index in [1.165, 1.54) is 6.42 Å². The van der Waals surface area contributed by atoms with Gasteiger partial charge in [0.2, 0.25) is 9.84 Å². The number of hydrogen-bond acceptors (Lipinski definition) is 4. The third-order valence-electron chi connectivity index (χ3n) is 6.03. The van der Waals surface area contributed by atoms with Gasteiger partial charge in [0.1, 0.15) is 0 Å². The number of piperidine rings is 1. The van der Waals surface area contributed by atoms with E-state index < -0.39 is 21.5 Å². The largest absolute Gasteiger partial charge is 0.368 e. The van der Waals surface area contributed by atoms with E-state index in [1.54, 1.807) is 12.1 Å². The van der Waals surface area contributed by atoms with Crippen LogP contribution in [-0.2, 0) is 16.3 Å². The monoisotopic (exact) mass is 456 g/mol. The van der Waals surface area contributed by atoms with Crippen LogP contribution >= 0.6 is 12.4 Å². The second-order valence-electron chi connectivity index (χ2n) is 7.89. The zero-order valence-corrected chi connectivity index (χ0v) is 18.6. The lowest BCUT2D eigenvalue weighted by atomic mass is 10.0. The Morgan fingerprint density at radius 2 is 1.63 bits per heavy atom. The first-order valence-corrected chi connectivity index (χ1v) is 11.7. The molecule has 164 valence electrons. The summed E-state index contributed by atoms with van der Waals surface area (Å²) in [6, 6.07) is 8.33. The van der Waals surface area contributed by atoms with Gasteiger partial charge >= 0.3 is 0 Å². The van der Waals surface area contributed by atoms with Gasteiger partial charge in [-0.05, 0) is 74.2 Å². The van der Waals surface area contributed by atoms with Crippen LogP contribution in [0, 0.1) is 11.6 Å². The number of rotatable bonds is 5. The van der Waals surface area contributed by atoms with Crippen molar-refractivity contribution in [2.75, 3.05) is 31.1 Å². The predicted octanol–water partition coefficient (Wildman–Crippen LogP) is 4.46. The molecule has 1 saturated heterocycles. The van der Waals surface area contributed by atoms with Gasteiger partial charge in [0.25, 0.3) is 0 Å². The third-order valence-corrected chi connectivity index (χ3v) is 7.78. The lowest BCUT2D eigenvalue weighted by Crippen LogP contribution is -2.44. The van der Waals surface area contributed by atoms with Gasteiger partial charge < -0.3 is 9.80 Å². The van der Waals surface area contributed by atoms with Gasteiger partial charge in [0.15, 0.2) is 11.6 Å². The maximum atomic E-state index is 13.5. The fourth-order valence-electron chi connectivity index (χ4n) is 4.50. The van der Waals surface area contributed by atoms with Crippen LogP contribution in [0.5, 0.6) is 0 Å². The van der Waals surface area contributed by atoms with E-state index in [4.69, 9.17) is 0 Å². The summed E-state index contributed by atoms with van der Waals surface area (Å²) in [6.07, 6.45) is 4.21. The molecular formula is C22H27ClF2N2O2S. The van der Waals surface area contributed by atoms with Crippen LogP contribution in [0.2, 0.25) is 0 Å². The second-order valence-corrected chi connectivity index (χ2v) is 9.84. The van der Waals surface area contributed by atoms with Crippen LogP contribution in [0.3, 0.4) is 0 Å². The Labute approximate surface area is 183 Å². The topological polar surface area (TPSA) is 40.6 Å². The molecule has 2 aromatic carbocycles. The van der Waals surface area contributed by atoms with Crippen molar-refractivity contribution in [2.45, 2.75) is 48.4 Å². The normalized spacial score (nSPS) is 17.6. The number of benzene rings is 2. The maximum absolute atomic E-state index is 13.5. The summed E-state index contributed by atoms with van der Waals surface area (Å²) in [5.74, 6) is -2.22. The molecule has 0 spiro atoms. The minimum absolute atomic E-state index is 0. The van der Waals surface area contributed by atoms with Crippen molar-refractivity contribution in [1.29, 1.82) is 0 Å². The zero-order valence-electron chi connectivity index (χ0n) is 17.0. The highest BCUT2D eigenvalue weighted by Gasteiger charge is 2.30. The Hall–Kier alpha value is -1.70. The fraction of sp³-hybridized carbons (Fsp3) is 0.455. The van der Waals surface area contributed by atoms with Crippen LogP contribution in [0.4, 0.5) is 14.5 Å². The molecule has 4 rings (SSSR count). The Bertz CT molecular complexity index is 1010.